The molecule has 22 nitrogen and oxygen atoms in total. The number of H-pyrrole nitrogens is 2. The van der Waals surface area contributed by atoms with Crippen LogP contribution in [0.3, 0.4) is 0 Å². The van der Waals surface area contributed by atoms with Crippen LogP contribution in [0.5, 0.6) is 11.5 Å². The number of aromatic nitrogens is 4. The first kappa shape index (κ1) is 47.2. The molecule has 22 heteroatoms. The molecular weight excluding hydrogens is 885 g/mol. The highest BCUT2D eigenvalue weighted by Gasteiger charge is 2.24. The van der Waals surface area contributed by atoms with Gasteiger partial charge in [-0.15, -0.1) is 0 Å². The second-order valence-corrected chi connectivity index (χ2v) is 16.5. The molecule has 8 rings (SSSR count). The van der Waals surface area contributed by atoms with Gasteiger partial charge in [-0.05, 0) is 94.3 Å². The van der Waals surface area contributed by atoms with E-state index in [1.54, 1.807) is 100 Å². The van der Waals surface area contributed by atoms with Crippen LogP contribution in [-0.2, 0) is 37.0 Å². The van der Waals surface area contributed by atoms with Crippen molar-refractivity contribution in [3.8, 4) is 11.5 Å². The van der Waals surface area contributed by atoms with Crippen molar-refractivity contribution < 1.29 is 48.1 Å². The summed E-state index contributed by atoms with van der Waals surface area (Å²) in [6, 6.07) is 18.3. The Bertz CT molecular complexity index is 3130. The number of carbonyl (C=O) groups excluding carboxylic acids is 5. The van der Waals surface area contributed by atoms with Crippen LogP contribution in [0.1, 0.15) is 67.0 Å². The summed E-state index contributed by atoms with van der Waals surface area (Å²) in [6.07, 6.45) is 0. The van der Waals surface area contributed by atoms with E-state index < -0.39 is 52.6 Å². The monoisotopic (exact) mass is 930 g/mol. The van der Waals surface area contributed by atoms with Crippen LogP contribution in [0.15, 0.2) is 82.4 Å². The molecule has 4 aromatic carbocycles. The summed E-state index contributed by atoms with van der Waals surface area (Å²) in [6.45, 7) is 8.58. The third-order valence-electron chi connectivity index (χ3n) is 10.0. The van der Waals surface area contributed by atoms with E-state index in [1.807, 2.05) is 0 Å². The molecule has 352 valence electrons. The van der Waals surface area contributed by atoms with Crippen LogP contribution in [0, 0.1) is 0 Å². The number of carbonyl (C=O) groups is 6. The number of benzene rings is 4. The zero-order chi connectivity index (χ0) is 48.9. The van der Waals surface area contributed by atoms with Crippen molar-refractivity contribution >= 4 is 80.1 Å². The van der Waals surface area contributed by atoms with Gasteiger partial charge in [0.05, 0.1) is 33.2 Å². The molecule has 2 aromatic heterocycles. The first-order valence-electron chi connectivity index (χ1n) is 21.0. The fourth-order valence-corrected chi connectivity index (χ4v) is 6.83. The first-order valence-corrected chi connectivity index (χ1v) is 21.0. The van der Waals surface area contributed by atoms with Gasteiger partial charge >= 0.3 is 11.9 Å². The molecule has 0 radical (unpaired) electrons. The van der Waals surface area contributed by atoms with Crippen molar-refractivity contribution in [2.45, 2.75) is 65.4 Å². The lowest BCUT2D eigenvalue weighted by atomic mass is 10.1. The topological polar surface area (TPSA) is 314 Å². The average Bonchev–Trinajstić information content (AvgIpc) is 3.29. The predicted molar refractivity (Wildman–Crippen MR) is 248 cm³/mol. The molecule has 6 aromatic rings. The van der Waals surface area contributed by atoms with Crippen molar-refractivity contribution in [1.82, 2.24) is 30.6 Å². The molecular formula is C46H46N10O12. The molecule has 0 aliphatic carbocycles. The summed E-state index contributed by atoms with van der Waals surface area (Å²) >= 11 is 0. The first-order chi connectivity index (χ1) is 32.3. The maximum atomic E-state index is 12.9. The smallest absolute Gasteiger partial charge is 0.328 e. The van der Waals surface area contributed by atoms with E-state index in [-0.39, 0.29) is 66.1 Å². The second-order valence-electron chi connectivity index (χ2n) is 16.5. The van der Waals surface area contributed by atoms with Gasteiger partial charge in [-0.3, -0.25) is 33.6 Å². The average molecular weight is 931 g/mol. The van der Waals surface area contributed by atoms with E-state index in [1.165, 1.54) is 6.92 Å². The Balaban J connectivity index is 0.000000203. The van der Waals surface area contributed by atoms with Gasteiger partial charge in [-0.1, -0.05) is 24.3 Å². The number of aromatic amines is 2. The number of carboxylic acid groups (broad SMARTS) is 1. The van der Waals surface area contributed by atoms with E-state index >= 15 is 0 Å². The Labute approximate surface area is 385 Å². The van der Waals surface area contributed by atoms with E-state index in [0.29, 0.717) is 45.3 Å². The molecule has 2 aliphatic rings. The maximum absolute atomic E-state index is 12.9. The molecule has 4 amide bonds. The highest BCUT2D eigenvalue weighted by Crippen LogP contribution is 2.30. The molecule has 2 aliphatic heterocycles. The summed E-state index contributed by atoms with van der Waals surface area (Å²) in [5.74, 6) is -2.47. The highest BCUT2D eigenvalue weighted by molar-refractivity contribution is 5.99. The number of nitrogens with zero attached hydrogens (tertiary/aromatic N) is 2. The lowest BCUT2D eigenvalue weighted by Gasteiger charge is -2.23. The molecule has 0 saturated heterocycles. The molecule has 0 bridgehead atoms. The van der Waals surface area contributed by atoms with Gasteiger partial charge in [0.1, 0.15) is 29.2 Å². The number of rotatable bonds is 12. The Morgan fingerprint density at radius 2 is 1.12 bits per heavy atom. The Kier molecular flexibility index (Phi) is 13.7. The molecule has 4 heterocycles. The Morgan fingerprint density at radius 1 is 0.676 bits per heavy atom. The summed E-state index contributed by atoms with van der Waals surface area (Å²) in [7, 11) is 0. The van der Waals surface area contributed by atoms with E-state index in [0.717, 1.165) is 5.56 Å². The SMILES string of the molecule is CC(Nc1cccc2nc(C(=O)NCc3ccc4c(c3)NC(=O)CO4)[nH]c(=O)c12)C(=O)O.CC(Nc1cccc2nc(C(=O)NCc3ccc4c(c3)NC(=O)CO4)[nH]c(=O)c12)C(=O)OC(C)(C)C. The Morgan fingerprint density at radius 3 is 1.54 bits per heavy atom. The van der Waals surface area contributed by atoms with Crippen molar-refractivity contribution in [2.24, 2.45) is 0 Å². The summed E-state index contributed by atoms with van der Waals surface area (Å²) < 4.78 is 16.0. The summed E-state index contributed by atoms with van der Waals surface area (Å²) in [5.41, 5.74) is 1.95. The van der Waals surface area contributed by atoms with Gasteiger partial charge in [-0.2, -0.15) is 0 Å². The van der Waals surface area contributed by atoms with Crippen molar-refractivity contribution in [1.29, 1.82) is 0 Å². The molecule has 0 fully saturated rings. The van der Waals surface area contributed by atoms with Gasteiger partial charge in [0.2, 0.25) is 0 Å². The number of ether oxygens (including phenoxy) is 3. The lowest BCUT2D eigenvalue weighted by molar-refractivity contribution is -0.155. The van der Waals surface area contributed by atoms with Crippen LogP contribution >= 0.6 is 0 Å². The summed E-state index contributed by atoms with van der Waals surface area (Å²) in [5, 5.41) is 26.0. The van der Waals surface area contributed by atoms with Crippen LogP contribution in [0.4, 0.5) is 22.7 Å². The molecule has 2 atom stereocenters. The van der Waals surface area contributed by atoms with Crippen LogP contribution in [0.2, 0.25) is 0 Å². The van der Waals surface area contributed by atoms with Crippen molar-refractivity contribution in [3.05, 3.63) is 116 Å². The lowest BCUT2D eigenvalue weighted by Crippen LogP contribution is -2.35. The van der Waals surface area contributed by atoms with Crippen LogP contribution < -0.4 is 52.5 Å². The minimum absolute atomic E-state index is 0.0404. The molecule has 0 saturated carbocycles. The molecule has 0 spiro atoms. The van der Waals surface area contributed by atoms with Gasteiger partial charge in [0, 0.05) is 24.5 Å². The number of anilines is 4. The number of esters is 1. The summed E-state index contributed by atoms with van der Waals surface area (Å²) in [4.78, 5) is 111. The van der Waals surface area contributed by atoms with E-state index in [2.05, 4.69) is 51.8 Å². The second kappa shape index (κ2) is 19.7. The molecule has 2 unspecified atom stereocenters. The van der Waals surface area contributed by atoms with Gasteiger partial charge in [-0.25, -0.2) is 14.8 Å². The number of nitrogens with one attached hydrogen (secondary N) is 8. The largest absolute Gasteiger partial charge is 0.482 e. The Hall–Kier alpha value is -8.82. The number of amides is 4. The van der Waals surface area contributed by atoms with Crippen molar-refractivity contribution in [2.75, 3.05) is 34.5 Å². The quantitative estimate of drug-likeness (QED) is 0.0795. The number of fused-ring (bicyclic) bond motifs is 4. The maximum Gasteiger partial charge on any atom is 0.328 e. The third kappa shape index (κ3) is 11.3. The fourth-order valence-electron chi connectivity index (χ4n) is 6.83. The predicted octanol–water partition coefficient (Wildman–Crippen LogP) is 3.40. The van der Waals surface area contributed by atoms with Crippen LogP contribution in [-0.4, -0.2) is 91.5 Å². The minimum atomic E-state index is -1.07. The van der Waals surface area contributed by atoms with Crippen molar-refractivity contribution in [3.63, 3.8) is 0 Å². The number of hydrogen-bond donors (Lipinski definition) is 9. The number of aliphatic carboxylic acids is 1. The zero-order valence-electron chi connectivity index (χ0n) is 37.2. The van der Waals surface area contributed by atoms with Crippen LogP contribution in [0.25, 0.3) is 21.8 Å². The van der Waals surface area contributed by atoms with E-state index in [4.69, 9.17) is 19.3 Å². The third-order valence-corrected chi connectivity index (χ3v) is 10.0. The van der Waals surface area contributed by atoms with Gasteiger partial charge in [0.25, 0.3) is 34.7 Å². The van der Waals surface area contributed by atoms with Gasteiger partial charge in [0.15, 0.2) is 24.9 Å². The molecule has 68 heavy (non-hydrogen) atoms. The normalized spacial score (nSPS) is 13.6. The number of carboxylic acids is 1. The van der Waals surface area contributed by atoms with Gasteiger partial charge < -0.3 is 61.2 Å². The zero-order valence-corrected chi connectivity index (χ0v) is 37.2. The molecule has 9 N–H and O–H groups in total. The minimum Gasteiger partial charge on any atom is -0.482 e. The fraction of sp³-hybridized carbons (Fsp3) is 0.261. The number of hydrogen-bond acceptors (Lipinski definition) is 15. The standard InChI is InChI=1S/C25H27N5O6.C21H19N5O6/c1-13(24(34)36-25(2,3)4)27-15-6-5-7-16-20(15)22(32)30-21(29-16)23(33)26-11-14-8-9-18-17(10-14)28-19(31)12-35-18;1-10(21(30)31)23-12-3-2-4-13-17(12)19(28)26-18(25-13)20(29)22-8-11-5-6-15-14(7-11)24-16(27)9-32-15/h5-10,13,27H,11-12H2,1-4H3,(H,26,33)(H,28,31)(H,29,30,32);2-7,10,23H,8-9H2,1H3,(H,22,29)(H,24,27)(H,30,31)(H,25,26,28). The van der Waals surface area contributed by atoms with E-state index in [9.17, 15) is 38.4 Å². The highest BCUT2D eigenvalue weighted by atomic mass is 16.6.